The van der Waals surface area contributed by atoms with E-state index in [1.165, 1.54) is 18.4 Å². The third kappa shape index (κ3) is 2.20. The summed E-state index contributed by atoms with van der Waals surface area (Å²) in [6.07, 6.45) is 2.97. The number of hydrogen-bond donors (Lipinski definition) is 1. The molecule has 1 aromatic rings. The molecule has 1 aliphatic carbocycles. The molecule has 3 nitrogen and oxygen atoms in total. The Morgan fingerprint density at radius 1 is 1.25 bits per heavy atom. The van der Waals surface area contributed by atoms with Crippen molar-refractivity contribution in [3.63, 3.8) is 0 Å². The second-order valence-electron chi connectivity index (χ2n) is 4.42. The lowest BCUT2D eigenvalue weighted by atomic mass is 10.1. The zero-order chi connectivity index (χ0) is 10.8. The standard InChI is InChI=1S/C13H17NO2/c1-2-4-12(16-10-5-6-10)11(3-1)13-9-14-7-8-15-13/h1-4,10,13-14H,5-9H2. The van der Waals surface area contributed by atoms with Crippen LogP contribution >= 0.6 is 0 Å². The molecular weight excluding hydrogens is 202 g/mol. The molecule has 0 amide bonds. The number of nitrogens with one attached hydrogen (secondary N) is 1. The molecule has 1 saturated heterocycles. The molecule has 1 heterocycles. The molecule has 0 bridgehead atoms. The molecule has 0 spiro atoms. The van der Waals surface area contributed by atoms with E-state index in [0.29, 0.717) is 6.10 Å². The van der Waals surface area contributed by atoms with Gasteiger partial charge in [-0.1, -0.05) is 18.2 Å². The maximum Gasteiger partial charge on any atom is 0.125 e. The Morgan fingerprint density at radius 2 is 2.12 bits per heavy atom. The first-order chi connectivity index (χ1) is 7.93. The topological polar surface area (TPSA) is 30.5 Å². The van der Waals surface area contributed by atoms with Crippen molar-refractivity contribution >= 4 is 0 Å². The summed E-state index contributed by atoms with van der Waals surface area (Å²) in [6.45, 7) is 2.61. The Bertz CT molecular complexity index is 357. The van der Waals surface area contributed by atoms with Crippen LogP contribution in [0.15, 0.2) is 24.3 Å². The molecule has 3 rings (SSSR count). The maximum atomic E-state index is 5.90. The summed E-state index contributed by atoms with van der Waals surface area (Å²) in [4.78, 5) is 0. The Kier molecular flexibility index (Phi) is 2.80. The Hall–Kier alpha value is -1.06. The molecule has 3 heteroatoms. The first kappa shape index (κ1) is 10.1. The van der Waals surface area contributed by atoms with Crippen LogP contribution in [-0.2, 0) is 4.74 Å². The summed E-state index contributed by atoms with van der Waals surface area (Å²) < 4.78 is 11.7. The van der Waals surface area contributed by atoms with Gasteiger partial charge in [-0.05, 0) is 18.9 Å². The van der Waals surface area contributed by atoms with Gasteiger partial charge in [-0.25, -0.2) is 0 Å². The van der Waals surface area contributed by atoms with Gasteiger partial charge in [-0.3, -0.25) is 0 Å². The van der Waals surface area contributed by atoms with E-state index < -0.39 is 0 Å². The zero-order valence-corrected chi connectivity index (χ0v) is 9.32. The van der Waals surface area contributed by atoms with Gasteiger partial charge < -0.3 is 14.8 Å². The van der Waals surface area contributed by atoms with E-state index >= 15 is 0 Å². The van der Waals surface area contributed by atoms with E-state index in [1.54, 1.807) is 0 Å². The Labute approximate surface area is 95.8 Å². The summed E-state index contributed by atoms with van der Waals surface area (Å²) in [7, 11) is 0. The Morgan fingerprint density at radius 3 is 2.88 bits per heavy atom. The average Bonchev–Trinajstić information content (AvgIpc) is 3.15. The number of benzene rings is 1. The van der Waals surface area contributed by atoms with E-state index in [2.05, 4.69) is 11.4 Å². The van der Waals surface area contributed by atoms with Gasteiger partial charge >= 0.3 is 0 Å². The van der Waals surface area contributed by atoms with Crippen molar-refractivity contribution in [2.24, 2.45) is 0 Å². The van der Waals surface area contributed by atoms with E-state index in [0.717, 1.165) is 25.4 Å². The fourth-order valence-electron chi connectivity index (χ4n) is 1.98. The molecule has 1 N–H and O–H groups in total. The minimum Gasteiger partial charge on any atom is -0.490 e. The minimum absolute atomic E-state index is 0.142. The third-order valence-electron chi connectivity index (χ3n) is 3.01. The summed E-state index contributed by atoms with van der Waals surface area (Å²) in [5.41, 5.74) is 1.18. The number of hydrogen-bond acceptors (Lipinski definition) is 3. The number of rotatable bonds is 3. The predicted octanol–water partition coefficient (Wildman–Crippen LogP) is 1.89. The molecule has 1 aromatic carbocycles. The van der Waals surface area contributed by atoms with E-state index in [-0.39, 0.29) is 6.10 Å². The Balaban J connectivity index is 1.79. The molecule has 1 atom stereocenters. The van der Waals surface area contributed by atoms with Gasteiger partial charge in [0.25, 0.3) is 0 Å². The van der Waals surface area contributed by atoms with Crippen molar-refractivity contribution in [2.75, 3.05) is 19.7 Å². The summed E-state index contributed by atoms with van der Waals surface area (Å²) in [5, 5.41) is 3.35. The van der Waals surface area contributed by atoms with Crippen LogP contribution in [-0.4, -0.2) is 25.8 Å². The highest BCUT2D eigenvalue weighted by molar-refractivity contribution is 5.36. The van der Waals surface area contributed by atoms with Crippen molar-refractivity contribution in [1.29, 1.82) is 0 Å². The van der Waals surface area contributed by atoms with Crippen molar-refractivity contribution in [1.82, 2.24) is 5.32 Å². The van der Waals surface area contributed by atoms with Crippen LogP contribution in [0, 0.1) is 0 Å². The molecule has 2 fully saturated rings. The number of morpholine rings is 1. The lowest BCUT2D eigenvalue weighted by Gasteiger charge is -2.25. The first-order valence-corrected chi connectivity index (χ1v) is 6.01. The van der Waals surface area contributed by atoms with Crippen molar-refractivity contribution < 1.29 is 9.47 Å². The summed E-state index contributed by atoms with van der Waals surface area (Å²) in [6, 6.07) is 8.23. The van der Waals surface area contributed by atoms with E-state index in [1.807, 2.05) is 18.2 Å². The van der Waals surface area contributed by atoms with Gasteiger partial charge in [0.1, 0.15) is 5.75 Å². The van der Waals surface area contributed by atoms with Gasteiger partial charge in [0.15, 0.2) is 0 Å². The molecule has 86 valence electrons. The van der Waals surface area contributed by atoms with Crippen LogP contribution < -0.4 is 10.1 Å². The molecular formula is C13H17NO2. The maximum absolute atomic E-state index is 5.90. The molecule has 1 aliphatic heterocycles. The highest BCUT2D eigenvalue weighted by atomic mass is 16.5. The van der Waals surface area contributed by atoms with Crippen molar-refractivity contribution in [2.45, 2.75) is 25.0 Å². The average molecular weight is 219 g/mol. The van der Waals surface area contributed by atoms with E-state index in [4.69, 9.17) is 9.47 Å². The highest BCUT2D eigenvalue weighted by Crippen LogP contribution is 2.33. The van der Waals surface area contributed by atoms with Crippen LogP contribution in [0.1, 0.15) is 24.5 Å². The second-order valence-corrected chi connectivity index (χ2v) is 4.42. The van der Waals surface area contributed by atoms with Gasteiger partial charge in [0, 0.05) is 18.7 Å². The lowest BCUT2D eigenvalue weighted by Crippen LogP contribution is -2.33. The molecule has 1 unspecified atom stereocenters. The number of ether oxygens (including phenoxy) is 2. The summed E-state index contributed by atoms with van der Waals surface area (Å²) >= 11 is 0. The van der Waals surface area contributed by atoms with Crippen molar-refractivity contribution in [3.05, 3.63) is 29.8 Å². The molecule has 2 aliphatic rings. The predicted molar refractivity (Wildman–Crippen MR) is 61.7 cm³/mol. The fraction of sp³-hybridized carbons (Fsp3) is 0.538. The van der Waals surface area contributed by atoms with E-state index in [9.17, 15) is 0 Å². The molecule has 16 heavy (non-hydrogen) atoms. The van der Waals surface area contributed by atoms with Crippen molar-refractivity contribution in [3.8, 4) is 5.75 Å². The summed E-state index contributed by atoms with van der Waals surface area (Å²) in [5.74, 6) is 0.999. The first-order valence-electron chi connectivity index (χ1n) is 6.01. The second kappa shape index (κ2) is 4.44. The number of para-hydroxylation sites is 1. The van der Waals surface area contributed by atoms with Gasteiger partial charge in [0.2, 0.25) is 0 Å². The lowest BCUT2D eigenvalue weighted by molar-refractivity contribution is 0.0257. The smallest absolute Gasteiger partial charge is 0.125 e. The van der Waals surface area contributed by atoms with Gasteiger partial charge in [0.05, 0.1) is 18.8 Å². The quantitative estimate of drug-likeness (QED) is 0.842. The van der Waals surface area contributed by atoms with Crippen LogP contribution in [0.3, 0.4) is 0 Å². The zero-order valence-electron chi connectivity index (χ0n) is 9.32. The highest BCUT2D eigenvalue weighted by Gasteiger charge is 2.26. The minimum atomic E-state index is 0.142. The van der Waals surface area contributed by atoms with Crippen LogP contribution in [0.25, 0.3) is 0 Å². The fourth-order valence-corrected chi connectivity index (χ4v) is 1.98. The van der Waals surface area contributed by atoms with Gasteiger partial charge in [-0.2, -0.15) is 0 Å². The van der Waals surface area contributed by atoms with Crippen LogP contribution in [0.4, 0.5) is 0 Å². The van der Waals surface area contributed by atoms with Gasteiger partial charge in [-0.15, -0.1) is 0 Å². The largest absolute Gasteiger partial charge is 0.490 e. The van der Waals surface area contributed by atoms with Crippen LogP contribution in [0.5, 0.6) is 5.75 Å². The molecule has 0 aromatic heterocycles. The molecule has 1 saturated carbocycles. The van der Waals surface area contributed by atoms with Crippen LogP contribution in [0.2, 0.25) is 0 Å². The third-order valence-corrected chi connectivity index (χ3v) is 3.01. The normalized spacial score (nSPS) is 25.4. The molecule has 0 radical (unpaired) electrons. The monoisotopic (exact) mass is 219 g/mol. The SMILES string of the molecule is c1ccc(C2CNCCO2)c(OC2CC2)c1.